The Labute approximate surface area is 588 Å². The summed E-state index contributed by atoms with van der Waals surface area (Å²) in [6, 6.07) is 39.0. The first-order valence-corrected chi connectivity index (χ1v) is 34.2. The second-order valence-corrected chi connectivity index (χ2v) is 26.1. The van der Waals surface area contributed by atoms with E-state index in [0.717, 1.165) is 48.8 Å². The van der Waals surface area contributed by atoms with Crippen LogP contribution in [-0.4, -0.2) is 50.9 Å². The molecule has 0 unspecified atom stereocenters. The van der Waals surface area contributed by atoms with Crippen LogP contribution in [0.25, 0.3) is 0 Å². The second-order valence-electron chi connectivity index (χ2n) is 26.1. The van der Waals surface area contributed by atoms with Crippen LogP contribution < -0.4 is 14.2 Å². The third-order valence-corrected chi connectivity index (χ3v) is 14.6. The fourth-order valence-electron chi connectivity index (χ4n) is 8.03. The molecule has 0 aromatic carbocycles. The predicted molar refractivity (Wildman–Crippen MR) is 402 cm³/mol. The van der Waals surface area contributed by atoms with Crippen LogP contribution in [0, 0.1) is 15.6 Å². The molecule has 0 spiro atoms. The number of rotatable bonds is 12. The van der Waals surface area contributed by atoms with E-state index in [0.29, 0.717) is 64.9 Å². The summed E-state index contributed by atoms with van der Waals surface area (Å²) in [5.41, 5.74) is 13.6. The van der Waals surface area contributed by atoms with Crippen LogP contribution in [0.4, 0.5) is 0 Å². The zero-order valence-electron chi connectivity index (χ0n) is 62.8. The second kappa shape index (κ2) is 49.9. The van der Waals surface area contributed by atoms with E-state index in [1.165, 1.54) is 65.2 Å². The van der Waals surface area contributed by atoms with Gasteiger partial charge in [0, 0.05) is 122 Å². The molecule has 0 radical (unpaired) electrons. The lowest BCUT2D eigenvalue weighted by molar-refractivity contribution is -0.615. The summed E-state index contributed by atoms with van der Waals surface area (Å²) < 4.78 is 2.53. The molecule has 0 saturated heterocycles. The fourth-order valence-corrected chi connectivity index (χ4v) is 8.03. The standard InChI is InChI=1S/C10H13NO.C10H15N.3C8H11NO.3C8H11N.2C7H10N2/c1-7(2)9-4-5-11-10(6-9)8(3)12;1-4-10-7-9(8(2)3)5-6-11-10;1-7(2)8-3-5-9(10)6-4-8;1-7(2)8-4-3-5-9(10)6-8;1-7(2)8-5-3-4-6-9(8)10;1-7(2)8-3-5-9-6-4-8;1-7(2)8-4-3-5-9-6-8;1-7(2)8-5-3-4-6-9-8;1-6(2)7-3-4-8-5-9-7;1-6(2)7-3-4-8-9-5-7/h4-7H,1-3H3;5-8H,4H2,1-3H3;3*3-7H,1-2H3;3*3-7H,1-2H3;2*3-6H,1-2H3. The average molecular weight is 1330 g/mol. The molecular weight excluding hydrogens is 1220 g/mol. The van der Waals surface area contributed by atoms with Crippen LogP contribution in [-0.2, 0) is 6.42 Å². The number of nitrogens with zero attached hydrogens (tertiary/aromatic N) is 12. The topological polar surface area (TPSA) is 214 Å². The highest BCUT2D eigenvalue weighted by Gasteiger charge is 2.08. The molecule has 0 saturated carbocycles. The van der Waals surface area contributed by atoms with Gasteiger partial charge in [0.2, 0.25) is 0 Å². The van der Waals surface area contributed by atoms with Crippen molar-refractivity contribution >= 4 is 5.78 Å². The van der Waals surface area contributed by atoms with Crippen molar-refractivity contribution < 1.29 is 19.0 Å². The number of aromatic nitrogens is 12. The summed E-state index contributed by atoms with van der Waals surface area (Å²) in [4.78, 5) is 39.2. The van der Waals surface area contributed by atoms with Crippen LogP contribution >= 0.6 is 0 Å². The van der Waals surface area contributed by atoms with Gasteiger partial charge in [-0.3, -0.25) is 29.7 Å². The number of carbonyl (C=O) groups is 1. The van der Waals surface area contributed by atoms with Gasteiger partial charge in [0.05, 0.1) is 6.20 Å². The number of ketones is 1. The van der Waals surface area contributed by atoms with Crippen LogP contribution in [0.5, 0.6) is 0 Å². The van der Waals surface area contributed by atoms with Gasteiger partial charge in [0.15, 0.2) is 42.5 Å². The number of hydrogen-bond acceptors (Lipinski definition) is 13. The Morgan fingerprint density at radius 3 is 1.27 bits per heavy atom. The van der Waals surface area contributed by atoms with Gasteiger partial charge in [-0.2, -0.15) is 24.4 Å². The van der Waals surface area contributed by atoms with Crippen molar-refractivity contribution in [1.82, 2.24) is 45.1 Å². The van der Waals surface area contributed by atoms with Crippen molar-refractivity contribution in [3.8, 4) is 0 Å². The molecule has 526 valence electrons. The quantitative estimate of drug-likeness (QED) is 0.0633. The molecule has 10 aromatic rings. The highest BCUT2D eigenvalue weighted by atomic mass is 16.5. The van der Waals surface area contributed by atoms with Crippen molar-refractivity contribution in [1.29, 1.82) is 0 Å². The van der Waals surface area contributed by atoms with Gasteiger partial charge >= 0.3 is 0 Å². The van der Waals surface area contributed by atoms with Crippen molar-refractivity contribution in [2.75, 3.05) is 0 Å². The van der Waals surface area contributed by atoms with E-state index in [1.54, 1.807) is 55.6 Å². The molecule has 16 heteroatoms. The highest BCUT2D eigenvalue weighted by Crippen LogP contribution is 2.18. The Morgan fingerprint density at radius 1 is 0.367 bits per heavy atom. The van der Waals surface area contributed by atoms with Crippen molar-refractivity contribution in [2.24, 2.45) is 0 Å². The number of Topliss-reactive ketones (excluding diaryl/α,β-unsaturated/α-hetero) is 1. The molecule has 0 fully saturated rings. The van der Waals surface area contributed by atoms with Crippen molar-refractivity contribution in [3.63, 3.8) is 0 Å². The van der Waals surface area contributed by atoms with E-state index in [1.807, 2.05) is 136 Å². The van der Waals surface area contributed by atoms with Gasteiger partial charge < -0.3 is 15.6 Å². The van der Waals surface area contributed by atoms with E-state index in [4.69, 9.17) is 0 Å². The first-order valence-electron chi connectivity index (χ1n) is 34.2. The highest BCUT2D eigenvalue weighted by molar-refractivity contribution is 5.92. The fraction of sp³-hybridized carbons (Fsp3) is 0.402. The van der Waals surface area contributed by atoms with Gasteiger partial charge in [-0.15, -0.1) is 0 Å². The summed E-state index contributed by atoms with van der Waals surface area (Å²) in [6.45, 7) is 46.1. The first kappa shape index (κ1) is 86.4. The van der Waals surface area contributed by atoms with Gasteiger partial charge in [-0.25, -0.2) is 9.97 Å². The molecule has 0 atom stereocenters. The SMILES string of the molecule is CC(=O)c1cc(C(C)C)ccn1.CC(C)c1cc[n+]([O-])cc1.CC(C)c1ccc[n+]([O-])c1.CC(C)c1cccc[n+]1[O-].CC(C)c1ccccn1.CC(C)c1cccnc1.CC(C)c1ccncc1.CC(C)c1ccncn1.CC(C)c1ccnnc1.CCc1cc(C(C)C)ccn1. The molecule has 10 rings (SSSR count). The molecule has 16 nitrogen and oxygen atoms in total. The summed E-state index contributed by atoms with van der Waals surface area (Å²) in [6.07, 6.45) is 28.3. The van der Waals surface area contributed by atoms with Gasteiger partial charge in [-0.1, -0.05) is 164 Å². The smallest absolute Gasteiger partial charge is 0.195 e. The molecule has 0 bridgehead atoms. The minimum atomic E-state index is 0.0255. The number of carbonyl (C=O) groups excluding carboxylic acids is 1. The van der Waals surface area contributed by atoms with Crippen LogP contribution in [0.15, 0.2) is 221 Å². The summed E-state index contributed by atoms with van der Waals surface area (Å²) >= 11 is 0. The zero-order chi connectivity index (χ0) is 73.5. The molecule has 0 amide bonds. The molecular formula is C82H114N12O4. The largest absolute Gasteiger partial charge is 0.619 e. The number of pyridine rings is 8. The molecule has 98 heavy (non-hydrogen) atoms. The third kappa shape index (κ3) is 38.8. The molecule has 0 aliphatic heterocycles. The van der Waals surface area contributed by atoms with E-state index < -0.39 is 0 Å². The average Bonchev–Trinajstić information content (AvgIpc) is 1.33. The minimum absolute atomic E-state index is 0.0255. The van der Waals surface area contributed by atoms with Crippen LogP contribution in [0.3, 0.4) is 0 Å². The summed E-state index contributed by atoms with van der Waals surface area (Å²) in [7, 11) is 0. The van der Waals surface area contributed by atoms with E-state index in [-0.39, 0.29) is 5.78 Å². The third-order valence-electron chi connectivity index (χ3n) is 14.6. The Kier molecular flexibility index (Phi) is 44.0. The zero-order valence-corrected chi connectivity index (χ0v) is 62.8. The Bertz CT molecular complexity index is 3340. The normalized spacial score (nSPS) is 10.2. The predicted octanol–water partition coefficient (Wildman–Crippen LogP) is 19.3. The van der Waals surface area contributed by atoms with E-state index in [2.05, 4.69) is 195 Å². The lowest BCUT2D eigenvalue weighted by atomic mass is 10.0. The van der Waals surface area contributed by atoms with Gasteiger partial charge in [0.25, 0.3) is 0 Å². The Hall–Kier alpha value is -9.57. The molecule has 10 heterocycles. The van der Waals surface area contributed by atoms with E-state index in [9.17, 15) is 20.4 Å². The molecule has 10 aromatic heterocycles. The van der Waals surface area contributed by atoms with Crippen LogP contribution in [0.2, 0.25) is 0 Å². The minimum Gasteiger partial charge on any atom is -0.619 e. The lowest BCUT2D eigenvalue weighted by Crippen LogP contribution is -2.31. The van der Waals surface area contributed by atoms with Crippen molar-refractivity contribution in [3.05, 3.63) is 304 Å². The Morgan fingerprint density at radius 2 is 0.878 bits per heavy atom. The van der Waals surface area contributed by atoms with Gasteiger partial charge in [-0.05, 0) is 166 Å². The summed E-state index contributed by atoms with van der Waals surface area (Å²) in [5, 5.41) is 39.7. The van der Waals surface area contributed by atoms with E-state index >= 15 is 0 Å². The van der Waals surface area contributed by atoms with Gasteiger partial charge in [0.1, 0.15) is 12.0 Å². The maximum atomic E-state index is 11.0. The number of aryl methyl sites for hydroxylation is 1. The van der Waals surface area contributed by atoms with Crippen LogP contribution in [0.1, 0.15) is 284 Å². The maximum absolute atomic E-state index is 11.0. The summed E-state index contributed by atoms with van der Waals surface area (Å²) in [5.74, 6) is 5.15. The number of hydrogen-bond donors (Lipinski definition) is 0. The molecule has 0 N–H and O–H groups in total. The Balaban J connectivity index is 0.000000545. The molecule has 0 aliphatic carbocycles. The van der Waals surface area contributed by atoms with Crippen molar-refractivity contribution in [2.45, 2.75) is 218 Å². The lowest BCUT2D eigenvalue weighted by Gasteiger charge is -2.05. The maximum Gasteiger partial charge on any atom is 0.195 e. The first-order chi connectivity index (χ1) is 46.5. The monoisotopic (exact) mass is 1330 g/mol. The molecule has 0 aliphatic rings.